The SMILES string of the molecule is COCP(OC(=O)c1ccccc1)(c1ccccc1)(c1ccccc1)c1ccccc1. The molecule has 0 saturated carbocycles. The van der Waals surface area contributed by atoms with Gasteiger partial charge in [-0.2, -0.15) is 0 Å². The molecule has 0 heterocycles. The summed E-state index contributed by atoms with van der Waals surface area (Å²) < 4.78 is 12.7. The van der Waals surface area contributed by atoms with Crippen molar-refractivity contribution >= 4 is 28.7 Å². The van der Waals surface area contributed by atoms with E-state index in [1.807, 2.05) is 109 Å². The van der Waals surface area contributed by atoms with Crippen LogP contribution < -0.4 is 15.9 Å². The molecular weight excluding hydrogens is 403 g/mol. The van der Waals surface area contributed by atoms with E-state index in [1.54, 1.807) is 19.2 Å². The number of hydrogen-bond acceptors (Lipinski definition) is 3. The Labute approximate surface area is 183 Å². The Morgan fingerprint density at radius 1 is 0.613 bits per heavy atom. The van der Waals surface area contributed by atoms with Gasteiger partial charge in [0.05, 0.1) is 0 Å². The van der Waals surface area contributed by atoms with Gasteiger partial charge in [-0.05, 0) is 0 Å². The molecule has 4 rings (SSSR count). The number of hydrogen-bond donors (Lipinski definition) is 0. The molecule has 0 aliphatic heterocycles. The normalized spacial score (nSPS) is 12.5. The molecule has 0 aliphatic carbocycles. The van der Waals surface area contributed by atoms with Crippen molar-refractivity contribution in [2.45, 2.75) is 0 Å². The number of methoxy groups -OCH3 is 1. The molecule has 0 N–H and O–H groups in total. The molecule has 156 valence electrons. The molecular formula is C27H25O3P. The minimum atomic E-state index is -3.81. The molecule has 0 amide bonds. The summed E-state index contributed by atoms with van der Waals surface area (Å²) in [7, 11) is 1.66. The van der Waals surface area contributed by atoms with Gasteiger partial charge < -0.3 is 0 Å². The summed E-state index contributed by atoms with van der Waals surface area (Å²) in [6.07, 6.45) is 0.238. The molecule has 0 radical (unpaired) electrons. The third-order valence-corrected chi connectivity index (χ3v) is 11.1. The van der Waals surface area contributed by atoms with Gasteiger partial charge in [-0.15, -0.1) is 0 Å². The fraction of sp³-hybridized carbons (Fsp3) is 0.0741. The Hall–Kier alpha value is -3.26. The van der Waals surface area contributed by atoms with E-state index >= 15 is 0 Å². The second kappa shape index (κ2) is 8.85. The van der Waals surface area contributed by atoms with Crippen LogP contribution in [0.1, 0.15) is 10.4 Å². The van der Waals surface area contributed by atoms with Gasteiger partial charge in [-0.3, -0.25) is 0 Å². The van der Waals surface area contributed by atoms with Crippen LogP contribution in [-0.4, -0.2) is 19.4 Å². The van der Waals surface area contributed by atoms with E-state index < -0.39 is 6.83 Å². The van der Waals surface area contributed by atoms with Gasteiger partial charge in [-0.25, -0.2) is 0 Å². The number of carbonyl (C=O) groups is 1. The van der Waals surface area contributed by atoms with Gasteiger partial charge in [0, 0.05) is 0 Å². The Morgan fingerprint density at radius 3 is 1.32 bits per heavy atom. The van der Waals surface area contributed by atoms with Crippen LogP contribution in [0.3, 0.4) is 0 Å². The second-order valence-corrected chi connectivity index (χ2v) is 11.8. The number of benzene rings is 4. The van der Waals surface area contributed by atoms with Crippen LogP contribution in [0.4, 0.5) is 0 Å². The molecule has 4 aromatic carbocycles. The maximum absolute atomic E-state index is 13.6. The summed E-state index contributed by atoms with van der Waals surface area (Å²) in [6, 6.07) is 39.1. The first-order valence-corrected chi connectivity index (χ1v) is 12.5. The van der Waals surface area contributed by atoms with Gasteiger partial charge in [0.25, 0.3) is 0 Å². The van der Waals surface area contributed by atoms with Crippen molar-refractivity contribution in [3.8, 4) is 0 Å². The third-order valence-electron chi connectivity index (χ3n) is 5.58. The zero-order chi connectivity index (χ0) is 21.6. The average Bonchev–Trinajstić information content (AvgIpc) is 2.86. The van der Waals surface area contributed by atoms with Gasteiger partial charge in [0.2, 0.25) is 0 Å². The molecule has 0 atom stereocenters. The summed E-state index contributed by atoms with van der Waals surface area (Å²) in [5.74, 6) is -0.369. The molecule has 0 spiro atoms. The van der Waals surface area contributed by atoms with Gasteiger partial charge in [-0.1, -0.05) is 0 Å². The quantitative estimate of drug-likeness (QED) is 0.393. The summed E-state index contributed by atoms with van der Waals surface area (Å²) in [6.45, 7) is -3.81. The van der Waals surface area contributed by atoms with Crippen LogP contribution >= 0.6 is 6.83 Å². The van der Waals surface area contributed by atoms with E-state index in [0.717, 1.165) is 15.9 Å². The fourth-order valence-electron chi connectivity index (χ4n) is 4.14. The van der Waals surface area contributed by atoms with E-state index in [2.05, 4.69) is 0 Å². The van der Waals surface area contributed by atoms with Gasteiger partial charge in [0.1, 0.15) is 0 Å². The van der Waals surface area contributed by atoms with Crippen LogP contribution in [-0.2, 0) is 9.26 Å². The molecule has 0 aromatic heterocycles. The van der Waals surface area contributed by atoms with Crippen molar-refractivity contribution in [2.75, 3.05) is 13.5 Å². The standard InChI is InChI=1S/C27H25O3P/c1-29-22-31(24-16-8-3-9-17-24,25-18-10-4-11-19-25,26-20-12-5-13-21-26)30-27(28)23-14-6-2-7-15-23/h2-21H,22H2,1H3. The van der Waals surface area contributed by atoms with E-state index in [1.165, 1.54) is 0 Å². The summed E-state index contributed by atoms with van der Waals surface area (Å²) in [5.41, 5.74) is 0.510. The Bertz CT molecular complexity index is 1030. The first-order chi connectivity index (χ1) is 15.2. The molecule has 4 heteroatoms. The van der Waals surface area contributed by atoms with Crippen molar-refractivity contribution in [1.82, 2.24) is 0 Å². The van der Waals surface area contributed by atoms with Crippen LogP contribution in [0.5, 0.6) is 0 Å². The van der Waals surface area contributed by atoms with Crippen molar-refractivity contribution in [2.24, 2.45) is 0 Å². The monoisotopic (exact) mass is 428 g/mol. The summed E-state index contributed by atoms with van der Waals surface area (Å²) in [5, 5.41) is 2.83. The van der Waals surface area contributed by atoms with Crippen molar-refractivity contribution < 1.29 is 14.1 Å². The molecule has 3 nitrogen and oxygen atoms in total. The number of ether oxygens (including phenoxy) is 1. The topological polar surface area (TPSA) is 35.5 Å². The van der Waals surface area contributed by atoms with E-state index in [4.69, 9.17) is 9.26 Å². The fourth-order valence-corrected chi connectivity index (χ4v) is 9.22. The van der Waals surface area contributed by atoms with E-state index in [0.29, 0.717) is 5.56 Å². The minimum absolute atomic E-state index is 0.238. The maximum atomic E-state index is 13.6. The van der Waals surface area contributed by atoms with Crippen molar-refractivity contribution in [3.63, 3.8) is 0 Å². The molecule has 0 fully saturated rings. The molecule has 0 saturated heterocycles. The van der Waals surface area contributed by atoms with Crippen LogP contribution in [0.2, 0.25) is 0 Å². The van der Waals surface area contributed by atoms with E-state index in [-0.39, 0.29) is 12.3 Å². The van der Waals surface area contributed by atoms with Gasteiger partial charge >= 0.3 is 183 Å². The predicted octanol–water partition coefficient (Wildman–Crippen LogP) is 4.89. The third kappa shape index (κ3) is 3.57. The molecule has 4 aromatic rings. The molecule has 0 aliphatic rings. The van der Waals surface area contributed by atoms with Gasteiger partial charge in [0.15, 0.2) is 0 Å². The van der Waals surface area contributed by atoms with Crippen molar-refractivity contribution in [1.29, 1.82) is 0 Å². The zero-order valence-electron chi connectivity index (χ0n) is 17.4. The average molecular weight is 428 g/mol. The summed E-state index contributed by atoms with van der Waals surface area (Å²) in [4.78, 5) is 13.6. The van der Waals surface area contributed by atoms with Crippen LogP contribution in [0.15, 0.2) is 121 Å². The Kier molecular flexibility index (Phi) is 5.99. The van der Waals surface area contributed by atoms with E-state index in [9.17, 15) is 4.79 Å². The molecule has 0 unspecified atom stereocenters. The molecule has 0 bridgehead atoms. The number of rotatable bonds is 7. The molecule has 31 heavy (non-hydrogen) atoms. The second-order valence-electron chi connectivity index (χ2n) is 7.38. The van der Waals surface area contributed by atoms with Crippen molar-refractivity contribution in [3.05, 3.63) is 127 Å². The predicted molar refractivity (Wildman–Crippen MR) is 129 cm³/mol. The first-order valence-electron chi connectivity index (χ1n) is 10.2. The Balaban J connectivity index is 2.10. The summed E-state index contributed by atoms with van der Waals surface area (Å²) >= 11 is 0. The Morgan fingerprint density at radius 2 is 0.968 bits per heavy atom. The zero-order valence-corrected chi connectivity index (χ0v) is 18.3. The first kappa shape index (κ1) is 21.0. The van der Waals surface area contributed by atoms with Crippen LogP contribution in [0, 0.1) is 0 Å². The number of carbonyl (C=O) groups excluding carboxylic acids is 1. The van der Waals surface area contributed by atoms with Crippen LogP contribution in [0.25, 0.3) is 0 Å².